The number of hydrogen-bond donors (Lipinski definition) is 4. The molecule has 4 N–H and O–H groups in total. The Morgan fingerprint density at radius 2 is 0.767 bits per heavy atom. The predicted molar refractivity (Wildman–Crippen MR) is 445 cm³/mol. The van der Waals surface area contributed by atoms with Crippen LogP contribution < -0.4 is 0 Å². The van der Waals surface area contributed by atoms with E-state index in [1.54, 1.807) is 142 Å². The van der Waals surface area contributed by atoms with Gasteiger partial charge in [-0.25, -0.2) is 24.5 Å². The van der Waals surface area contributed by atoms with Crippen LogP contribution in [0.15, 0.2) is 334 Å². The van der Waals surface area contributed by atoms with Gasteiger partial charge in [-0.3, -0.25) is 28.6 Å². The van der Waals surface area contributed by atoms with Crippen LogP contribution in [0.25, 0.3) is 90.3 Å². The quantitative estimate of drug-likeness (QED) is 0.0406. The van der Waals surface area contributed by atoms with Gasteiger partial charge in [0.05, 0.1) is 17.1 Å². The van der Waals surface area contributed by atoms with E-state index in [-0.39, 0.29) is 135 Å². The van der Waals surface area contributed by atoms with Crippen molar-refractivity contribution in [1.82, 2.24) is 60.0 Å². The van der Waals surface area contributed by atoms with Gasteiger partial charge in [-0.15, -0.1) is 143 Å². The molecule has 7 aromatic carbocycles. The molecule has 5 radical (unpaired) electrons. The number of nitrogens with one attached hydrogen (secondary N) is 1. The van der Waals surface area contributed by atoms with Crippen LogP contribution in [-0.2, 0) is 124 Å². The van der Waals surface area contributed by atoms with E-state index in [2.05, 4.69) is 87.4 Å². The van der Waals surface area contributed by atoms with E-state index in [0.717, 1.165) is 69.3 Å². The number of hydrogen-bond acceptors (Lipinski definition) is 15. The molecular formula is C95H70F11Ir5N12O6-5. The fourth-order valence-electron chi connectivity index (χ4n) is 10.2. The van der Waals surface area contributed by atoms with Gasteiger partial charge in [-0.1, -0.05) is 153 Å². The Hall–Kier alpha value is -12.6. The summed E-state index contributed by atoms with van der Waals surface area (Å²) in [6.45, 7) is 6.09. The number of pyridine rings is 7. The zero-order valence-corrected chi connectivity index (χ0v) is 79.5. The Bertz CT molecular complexity index is 5820. The second kappa shape index (κ2) is 56.6. The SMILES string of the molecule is CC(=O)C=C(C)O.Cc1cc(-c2ccccn2)[c-]c(C(F)(F)F)c1.Cc1cc(-c2ccccn2)[c-]c(C(F)(F)F)c1.FC(F)(F)c1nc(-c2ccccn2)n[nH]1.Fc1c[c-]c(-c2ccccn2)c(F)c1.O=C(O)c1ccccn1.O=C(O)c1ccccn1.[Ir].[Ir].[Ir].[Ir].[Ir].[c-]1ccccc1-c1ccccn1.[c-]1ccccc1-c1ncc(-c2ccccc2)nc1-c1ccccc1. The number of benzene rings is 7. The summed E-state index contributed by atoms with van der Waals surface area (Å²) in [7, 11) is 0. The molecule has 129 heavy (non-hydrogen) atoms. The number of aromatic carboxylic acids is 2. The van der Waals surface area contributed by atoms with Crippen LogP contribution in [0.5, 0.6) is 0 Å². The monoisotopic (exact) mass is 2650 g/mol. The number of alkyl halides is 9. The number of aliphatic hydroxyl groups excluding tert-OH is 1. The molecule has 0 amide bonds. The molecule has 0 atom stereocenters. The van der Waals surface area contributed by atoms with Crippen LogP contribution >= 0.6 is 0 Å². The minimum Gasteiger partial charge on any atom is -0.512 e. The first kappa shape index (κ1) is 111. The molecule has 0 aliphatic heterocycles. The molecule has 673 valence electrons. The predicted octanol–water partition coefficient (Wildman–Crippen LogP) is 22.9. The number of carbonyl (C=O) groups is 3. The van der Waals surface area contributed by atoms with Crippen LogP contribution in [0.4, 0.5) is 48.3 Å². The van der Waals surface area contributed by atoms with Crippen LogP contribution in [0.1, 0.15) is 62.9 Å². The molecule has 0 saturated heterocycles. The molecule has 0 aliphatic rings. The van der Waals surface area contributed by atoms with Crippen molar-refractivity contribution in [3.05, 3.63) is 416 Å². The van der Waals surface area contributed by atoms with Crippen LogP contribution in [0, 0.1) is 55.8 Å². The van der Waals surface area contributed by atoms with Gasteiger partial charge >= 0.3 is 30.5 Å². The Labute approximate surface area is 802 Å². The Kier molecular flexibility index (Phi) is 48.5. The number of aromatic amines is 1. The van der Waals surface area contributed by atoms with Gasteiger partial charge in [0, 0.05) is 179 Å². The number of allylic oxidation sites excluding steroid dienone is 2. The van der Waals surface area contributed by atoms with E-state index < -0.39 is 59.1 Å². The number of carboxylic acids is 2. The molecule has 0 bridgehead atoms. The minimum atomic E-state index is -4.51. The Balaban J connectivity index is 0.000000380. The first-order valence-electron chi connectivity index (χ1n) is 36.6. The first-order valence-corrected chi connectivity index (χ1v) is 36.6. The Morgan fingerprint density at radius 1 is 0.380 bits per heavy atom. The number of ketones is 1. The van der Waals surface area contributed by atoms with Crippen molar-refractivity contribution in [1.29, 1.82) is 0 Å². The van der Waals surface area contributed by atoms with Crippen molar-refractivity contribution in [2.24, 2.45) is 0 Å². The number of carbonyl (C=O) groups excluding carboxylic acids is 1. The van der Waals surface area contributed by atoms with E-state index >= 15 is 0 Å². The van der Waals surface area contributed by atoms with Gasteiger partial charge in [0.15, 0.2) is 11.6 Å². The summed E-state index contributed by atoms with van der Waals surface area (Å²) in [4.78, 5) is 70.4. The molecule has 0 fully saturated rings. The molecule has 0 unspecified atom stereocenters. The van der Waals surface area contributed by atoms with Crippen molar-refractivity contribution in [2.75, 3.05) is 0 Å². The van der Waals surface area contributed by atoms with E-state index in [1.807, 2.05) is 127 Å². The molecule has 9 aromatic heterocycles. The number of aromatic nitrogens is 12. The number of halogens is 11. The van der Waals surface area contributed by atoms with Crippen LogP contribution in [-0.4, -0.2) is 93.1 Å². The van der Waals surface area contributed by atoms with E-state index in [1.165, 1.54) is 56.7 Å². The molecular weight excluding hydrogens is 2580 g/mol. The molecule has 16 rings (SSSR count). The average Bonchev–Trinajstić information content (AvgIpc) is 1.78. The van der Waals surface area contributed by atoms with Gasteiger partial charge in [0.25, 0.3) is 0 Å². The maximum atomic E-state index is 13.2. The van der Waals surface area contributed by atoms with E-state index in [0.29, 0.717) is 45.0 Å². The van der Waals surface area contributed by atoms with Crippen LogP contribution in [0.3, 0.4) is 0 Å². The average molecular weight is 2650 g/mol. The fraction of sp³-hybridized carbons (Fsp3) is 0.0737. The minimum absolute atomic E-state index is 0. The van der Waals surface area contributed by atoms with Crippen molar-refractivity contribution < 1.29 is 179 Å². The van der Waals surface area contributed by atoms with Crippen molar-refractivity contribution >= 4 is 17.7 Å². The maximum Gasteiger partial charge on any atom is 0.451 e. The zero-order valence-electron chi connectivity index (χ0n) is 67.5. The summed E-state index contributed by atoms with van der Waals surface area (Å²) < 4.78 is 138. The van der Waals surface area contributed by atoms with E-state index in [4.69, 9.17) is 25.3 Å². The number of nitrogens with zero attached hydrogens (tertiary/aromatic N) is 11. The fourth-order valence-corrected chi connectivity index (χ4v) is 10.2. The molecule has 0 aliphatic carbocycles. The number of carboxylic acid groups (broad SMARTS) is 2. The molecule has 18 nitrogen and oxygen atoms in total. The van der Waals surface area contributed by atoms with Crippen molar-refractivity contribution in [2.45, 2.75) is 46.2 Å². The molecule has 16 aromatic rings. The molecule has 34 heteroatoms. The summed E-state index contributed by atoms with van der Waals surface area (Å²) in [6, 6.07) is 92.4. The van der Waals surface area contributed by atoms with Crippen molar-refractivity contribution in [3.8, 4) is 90.3 Å². The second-order valence-electron chi connectivity index (χ2n) is 25.3. The van der Waals surface area contributed by atoms with Crippen molar-refractivity contribution in [3.63, 3.8) is 0 Å². The standard InChI is InChI=1S/C22H15N2.2C13H9F3N.C11H6F2N.C11H8N.C8H5F3N4.2C6H5NO2.C5H8O2.5Ir/c1-4-10-17(11-5-1)20-16-23-21(18-12-6-2-7-13-18)22(24-20)19-14-8-3-9-15-19;2*1-9-6-10(12-4-2-3-5-17-12)8-11(7-9)13(14,15)16;12-8-4-5-9(10(13)7-8)11-3-1-2-6-14-11;1-2-6-10(7-3-1)11-8-4-5-9-12-11;9-8(10,11)7-13-6(14-15-7)5-3-1-2-4-12-5;2*8-6(9)5-3-1-2-4-7-5;1-4(6)3-5(2)7;;;;;/h1-12,14-16H;2*2-7H,1H3;1-4,6-7H;1-6,8-9H;1-4H,(H,13,14,15);2*1-4H,(H,8,9);3,6H,1-2H3;;;;;/q5*-1;;;;;;;;;. The third kappa shape index (κ3) is 38.5. The van der Waals surface area contributed by atoms with Gasteiger partial charge in [-0.05, 0) is 114 Å². The number of aryl methyl sites for hydroxylation is 2. The molecule has 0 saturated carbocycles. The third-order valence-corrected chi connectivity index (χ3v) is 15.6. The van der Waals surface area contributed by atoms with Gasteiger partial charge in [0.2, 0.25) is 5.82 Å². The smallest absolute Gasteiger partial charge is 0.451 e. The third-order valence-electron chi connectivity index (χ3n) is 15.6. The second-order valence-corrected chi connectivity index (χ2v) is 25.3. The summed E-state index contributed by atoms with van der Waals surface area (Å²) in [5, 5.41) is 30.3. The zero-order chi connectivity index (χ0) is 89.4. The largest absolute Gasteiger partial charge is 0.512 e. The van der Waals surface area contributed by atoms with Gasteiger partial charge in [-0.2, -0.15) is 44.6 Å². The van der Waals surface area contributed by atoms with Gasteiger partial charge < -0.3 is 40.2 Å². The molecule has 0 spiro atoms. The van der Waals surface area contributed by atoms with E-state index in [9.17, 15) is 62.7 Å². The Morgan fingerprint density at radius 3 is 1.11 bits per heavy atom. The van der Waals surface area contributed by atoms with Crippen LogP contribution in [0.2, 0.25) is 0 Å². The number of aliphatic hydroxyl groups is 1. The number of H-pyrrole nitrogens is 1. The number of rotatable bonds is 11. The topological polar surface area (TPSA) is 269 Å². The first-order chi connectivity index (χ1) is 59.4. The maximum absolute atomic E-state index is 13.2. The normalized spacial score (nSPS) is 10.2. The summed E-state index contributed by atoms with van der Waals surface area (Å²) in [5.41, 5.74) is 10.00. The van der Waals surface area contributed by atoms with Gasteiger partial charge in [0.1, 0.15) is 17.1 Å². The summed E-state index contributed by atoms with van der Waals surface area (Å²) in [6.07, 6.45) is 0.495. The molecule has 9 heterocycles. The summed E-state index contributed by atoms with van der Waals surface area (Å²) >= 11 is 0. The summed E-state index contributed by atoms with van der Waals surface area (Å²) in [5.74, 6) is -4.52.